The molecule has 0 unspecified atom stereocenters. The lowest BCUT2D eigenvalue weighted by molar-refractivity contribution is 0.180. The minimum atomic E-state index is -3.73. The van der Waals surface area contributed by atoms with Crippen molar-refractivity contribution >= 4 is 33.2 Å². The van der Waals surface area contributed by atoms with Gasteiger partial charge in [0, 0.05) is 31.8 Å². The Balaban J connectivity index is 3.30. The summed E-state index contributed by atoms with van der Waals surface area (Å²) in [5.74, 6) is 0. The molecular formula is C12H18Cl2N2O3S. The van der Waals surface area contributed by atoms with Gasteiger partial charge in [0.1, 0.15) is 4.90 Å². The van der Waals surface area contributed by atoms with Crippen molar-refractivity contribution in [3.8, 4) is 0 Å². The number of hydrogen-bond donors (Lipinski definition) is 1. The van der Waals surface area contributed by atoms with E-state index in [2.05, 4.69) is 0 Å². The molecule has 0 radical (unpaired) electrons. The Bertz CT molecular complexity index is 564. The molecule has 1 rings (SSSR count). The molecule has 0 atom stereocenters. The third kappa shape index (κ3) is 3.84. The zero-order valence-electron chi connectivity index (χ0n) is 11.4. The maximum absolute atomic E-state index is 12.6. The second-order valence-corrected chi connectivity index (χ2v) is 6.79. The van der Waals surface area contributed by atoms with Crippen LogP contribution < -0.4 is 5.73 Å². The molecule has 0 heterocycles. The number of likely N-dealkylation sites (N-methyl/N-ethyl adjacent to an activating group) is 1. The normalized spacial score (nSPS) is 12.1. The molecule has 0 aliphatic rings. The summed E-state index contributed by atoms with van der Waals surface area (Å²) in [7, 11) is -2.21. The average molecular weight is 341 g/mol. The van der Waals surface area contributed by atoms with Gasteiger partial charge in [0.25, 0.3) is 0 Å². The van der Waals surface area contributed by atoms with Gasteiger partial charge in [-0.05, 0) is 17.7 Å². The van der Waals surface area contributed by atoms with Crippen LogP contribution in [0.4, 0.5) is 0 Å². The van der Waals surface area contributed by atoms with Crippen LogP contribution in [0.25, 0.3) is 0 Å². The third-order valence-electron chi connectivity index (χ3n) is 2.81. The van der Waals surface area contributed by atoms with E-state index < -0.39 is 10.0 Å². The fourth-order valence-electron chi connectivity index (χ4n) is 1.73. The highest BCUT2D eigenvalue weighted by molar-refractivity contribution is 7.89. The van der Waals surface area contributed by atoms with Crippen molar-refractivity contribution in [3.05, 3.63) is 27.7 Å². The van der Waals surface area contributed by atoms with Gasteiger partial charge in [-0.1, -0.05) is 30.1 Å². The standard InChI is InChI=1S/C12H18Cl2N2O3S/c1-3-16(4-5-19-2)20(17,18)11-7-10(13)6-9(8-15)12(11)14/h6-7H,3-5,8,15H2,1-2H3. The first-order chi connectivity index (χ1) is 9.38. The smallest absolute Gasteiger partial charge is 0.244 e. The quantitative estimate of drug-likeness (QED) is 0.824. The second-order valence-electron chi connectivity index (χ2n) is 4.07. The van der Waals surface area contributed by atoms with Gasteiger partial charge in [0.2, 0.25) is 10.0 Å². The molecule has 0 aliphatic heterocycles. The zero-order chi connectivity index (χ0) is 15.3. The summed E-state index contributed by atoms with van der Waals surface area (Å²) in [4.78, 5) is -0.0231. The molecule has 20 heavy (non-hydrogen) atoms. The van der Waals surface area contributed by atoms with Crippen molar-refractivity contribution in [2.45, 2.75) is 18.4 Å². The fraction of sp³-hybridized carbons (Fsp3) is 0.500. The van der Waals surface area contributed by atoms with Gasteiger partial charge in [0.05, 0.1) is 11.6 Å². The summed E-state index contributed by atoms with van der Waals surface area (Å²) >= 11 is 12.1. The number of benzene rings is 1. The largest absolute Gasteiger partial charge is 0.383 e. The predicted octanol–water partition coefficient (Wildman–Crippen LogP) is 2.11. The third-order valence-corrected chi connectivity index (χ3v) is 5.59. The molecule has 0 spiro atoms. The van der Waals surface area contributed by atoms with E-state index in [1.165, 1.54) is 17.5 Å². The topological polar surface area (TPSA) is 72.6 Å². The molecule has 8 heteroatoms. The zero-order valence-corrected chi connectivity index (χ0v) is 13.7. The summed E-state index contributed by atoms with van der Waals surface area (Å²) in [5.41, 5.74) is 6.05. The molecule has 0 bridgehead atoms. The van der Waals surface area contributed by atoms with E-state index in [4.69, 9.17) is 33.7 Å². The predicted molar refractivity (Wildman–Crippen MR) is 80.7 cm³/mol. The summed E-state index contributed by atoms with van der Waals surface area (Å²) < 4.78 is 31.4. The lowest BCUT2D eigenvalue weighted by atomic mass is 10.2. The first-order valence-corrected chi connectivity index (χ1v) is 8.25. The van der Waals surface area contributed by atoms with Crippen molar-refractivity contribution in [2.24, 2.45) is 5.73 Å². The maximum atomic E-state index is 12.6. The molecule has 0 fully saturated rings. The van der Waals surface area contributed by atoms with E-state index in [9.17, 15) is 8.42 Å². The Morgan fingerprint density at radius 3 is 2.50 bits per heavy atom. The number of nitrogens with two attached hydrogens (primary N) is 1. The van der Waals surface area contributed by atoms with Crippen molar-refractivity contribution < 1.29 is 13.2 Å². The molecule has 1 aromatic carbocycles. The number of sulfonamides is 1. The van der Waals surface area contributed by atoms with Gasteiger partial charge < -0.3 is 10.5 Å². The number of rotatable bonds is 7. The molecule has 0 saturated carbocycles. The van der Waals surface area contributed by atoms with E-state index >= 15 is 0 Å². The highest BCUT2D eigenvalue weighted by atomic mass is 35.5. The number of nitrogens with zero attached hydrogens (tertiary/aromatic N) is 1. The van der Waals surface area contributed by atoms with Crippen LogP contribution in [0, 0.1) is 0 Å². The van der Waals surface area contributed by atoms with E-state index in [0.717, 1.165) is 0 Å². The van der Waals surface area contributed by atoms with Crippen LogP contribution in [-0.4, -0.2) is 39.5 Å². The van der Waals surface area contributed by atoms with Gasteiger partial charge in [-0.3, -0.25) is 0 Å². The van der Waals surface area contributed by atoms with Crippen LogP contribution in [0.1, 0.15) is 12.5 Å². The molecule has 2 N–H and O–H groups in total. The van der Waals surface area contributed by atoms with E-state index in [0.29, 0.717) is 18.7 Å². The molecule has 5 nitrogen and oxygen atoms in total. The highest BCUT2D eigenvalue weighted by Crippen LogP contribution is 2.31. The van der Waals surface area contributed by atoms with Crippen LogP contribution >= 0.6 is 23.2 Å². The minimum absolute atomic E-state index is 0.0231. The number of ether oxygens (including phenoxy) is 1. The van der Waals surface area contributed by atoms with Gasteiger partial charge in [-0.2, -0.15) is 4.31 Å². The van der Waals surface area contributed by atoms with Crippen LogP contribution in [0.3, 0.4) is 0 Å². The fourth-order valence-corrected chi connectivity index (χ4v) is 4.09. The van der Waals surface area contributed by atoms with E-state index in [1.807, 2.05) is 0 Å². The summed E-state index contributed by atoms with van der Waals surface area (Å²) in [5, 5.41) is 0.406. The molecule has 114 valence electrons. The van der Waals surface area contributed by atoms with Crippen molar-refractivity contribution in [3.63, 3.8) is 0 Å². The number of methoxy groups -OCH3 is 1. The molecule has 0 saturated heterocycles. The SMILES string of the molecule is CCN(CCOC)S(=O)(=O)c1cc(Cl)cc(CN)c1Cl. The number of halogens is 2. The van der Waals surface area contributed by atoms with Crippen LogP contribution in [0.5, 0.6) is 0 Å². The monoisotopic (exact) mass is 340 g/mol. The Hall–Kier alpha value is -0.370. The van der Waals surface area contributed by atoms with Crippen LogP contribution in [-0.2, 0) is 21.3 Å². The Labute approximate surface area is 129 Å². The van der Waals surface area contributed by atoms with Gasteiger partial charge in [0.15, 0.2) is 0 Å². The number of hydrogen-bond acceptors (Lipinski definition) is 4. The first-order valence-electron chi connectivity index (χ1n) is 6.05. The molecule has 0 amide bonds. The summed E-state index contributed by atoms with van der Waals surface area (Å²) in [6, 6.07) is 2.90. The van der Waals surface area contributed by atoms with Crippen molar-refractivity contribution in [2.75, 3.05) is 26.8 Å². The van der Waals surface area contributed by atoms with Crippen LogP contribution in [0.2, 0.25) is 10.0 Å². The average Bonchev–Trinajstić information content (AvgIpc) is 2.41. The summed E-state index contributed by atoms with van der Waals surface area (Å²) in [6.07, 6.45) is 0. The Kier molecular flexibility index (Phi) is 6.71. The van der Waals surface area contributed by atoms with Crippen LogP contribution in [0.15, 0.2) is 17.0 Å². The van der Waals surface area contributed by atoms with E-state index in [-0.39, 0.29) is 28.0 Å². The first kappa shape index (κ1) is 17.7. The molecule has 1 aromatic rings. The van der Waals surface area contributed by atoms with E-state index in [1.54, 1.807) is 13.0 Å². The lowest BCUT2D eigenvalue weighted by Gasteiger charge is -2.21. The Morgan fingerprint density at radius 2 is 2.00 bits per heavy atom. The van der Waals surface area contributed by atoms with Gasteiger partial charge in [-0.25, -0.2) is 8.42 Å². The summed E-state index contributed by atoms with van der Waals surface area (Å²) in [6.45, 7) is 2.72. The van der Waals surface area contributed by atoms with Crippen molar-refractivity contribution in [1.82, 2.24) is 4.31 Å². The van der Waals surface area contributed by atoms with Gasteiger partial charge in [-0.15, -0.1) is 0 Å². The molecule has 0 aliphatic carbocycles. The van der Waals surface area contributed by atoms with Crippen molar-refractivity contribution in [1.29, 1.82) is 0 Å². The maximum Gasteiger partial charge on any atom is 0.244 e. The van der Waals surface area contributed by atoms with Gasteiger partial charge >= 0.3 is 0 Å². The highest BCUT2D eigenvalue weighted by Gasteiger charge is 2.27. The molecule has 0 aromatic heterocycles. The lowest BCUT2D eigenvalue weighted by Crippen LogP contribution is -2.34. The second kappa shape index (κ2) is 7.59. The molecular weight excluding hydrogens is 323 g/mol. The Morgan fingerprint density at radius 1 is 1.35 bits per heavy atom. The minimum Gasteiger partial charge on any atom is -0.383 e.